The van der Waals surface area contributed by atoms with Gasteiger partial charge in [-0.05, 0) is 30.3 Å². The minimum absolute atomic E-state index is 0.108. The highest BCUT2D eigenvalue weighted by Crippen LogP contribution is 2.34. The van der Waals surface area contributed by atoms with Crippen LogP contribution >= 0.6 is 23.2 Å². The summed E-state index contributed by atoms with van der Waals surface area (Å²) in [5.74, 6) is -1.89. The van der Waals surface area contributed by atoms with Gasteiger partial charge < -0.3 is 5.73 Å². The third kappa shape index (κ3) is 2.05. The molecule has 0 aromatic heterocycles. The van der Waals surface area contributed by atoms with Crippen LogP contribution in [0.25, 0.3) is 0 Å². The molecular formula is C14H7Cl2FN2O2. The number of benzene rings is 2. The number of amides is 2. The van der Waals surface area contributed by atoms with Crippen molar-refractivity contribution in [3.05, 3.63) is 57.3 Å². The maximum absolute atomic E-state index is 13.4. The lowest BCUT2D eigenvalue weighted by molar-refractivity contribution is 0.0926. The number of carbonyl (C=O) groups excluding carboxylic acids is 2. The zero-order valence-corrected chi connectivity index (χ0v) is 11.9. The third-order valence-electron chi connectivity index (χ3n) is 3.14. The van der Waals surface area contributed by atoms with Crippen molar-refractivity contribution in [1.82, 2.24) is 0 Å². The number of imide groups is 1. The van der Waals surface area contributed by atoms with Crippen LogP contribution in [0.5, 0.6) is 0 Å². The lowest BCUT2D eigenvalue weighted by Gasteiger charge is -2.15. The van der Waals surface area contributed by atoms with E-state index in [0.717, 1.165) is 4.90 Å². The Bertz CT molecular complexity index is 785. The second kappa shape index (κ2) is 4.72. The molecule has 3 rings (SSSR count). The van der Waals surface area contributed by atoms with Gasteiger partial charge in [-0.1, -0.05) is 23.2 Å². The highest BCUT2D eigenvalue weighted by Gasteiger charge is 2.37. The van der Waals surface area contributed by atoms with Gasteiger partial charge in [0.05, 0.1) is 26.9 Å². The zero-order valence-electron chi connectivity index (χ0n) is 10.4. The van der Waals surface area contributed by atoms with Crippen LogP contribution in [0.3, 0.4) is 0 Å². The summed E-state index contributed by atoms with van der Waals surface area (Å²) < 4.78 is 13.4. The fourth-order valence-electron chi connectivity index (χ4n) is 2.16. The van der Waals surface area contributed by atoms with Crippen LogP contribution in [0.15, 0.2) is 30.3 Å². The minimum atomic E-state index is -0.803. The lowest BCUT2D eigenvalue weighted by Crippen LogP contribution is -2.29. The number of nitrogens with zero attached hydrogens (tertiary/aromatic N) is 1. The number of nitrogen functional groups attached to an aromatic ring is 1. The van der Waals surface area contributed by atoms with Crippen molar-refractivity contribution in [1.29, 1.82) is 0 Å². The third-order valence-corrected chi connectivity index (χ3v) is 3.69. The Kier molecular flexibility index (Phi) is 3.11. The molecule has 0 aliphatic carbocycles. The second-order valence-corrected chi connectivity index (χ2v) is 5.29. The number of rotatable bonds is 1. The number of carbonyl (C=O) groups is 2. The number of nitrogens with two attached hydrogens (primary N) is 1. The Balaban J connectivity index is 2.14. The maximum Gasteiger partial charge on any atom is 0.266 e. The summed E-state index contributed by atoms with van der Waals surface area (Å²) in [7, 11) is 0. The van der Waals surface area contributed by atoms with Crippen molar-refractivity contribution in [2.24, 2.45) is 0 Å². The summed E-state index contributed by atoms with van der Waals surface area (Å²) in [4.78, 5) is 25.5. The predicted molar refractivity (Wildman–Crippen MR) is 78.4 cm³/mol. The summed E-state index contributed by atoms with van der Waals surface area (Å²) in [6, 6.07) is 6.76. The van der Waals surface area contributed by atoms with Crippen LogP contribution in [0.4, 0.5) is 15.8 Å². The van der Waals surface area contributed by atoms with Gasteiger partial charge in [0.2, 0.25) is 0 Å². The van der Waals surface area contributed by atoms with Crippen LogP contribution in [0.1, 0.15) is 20.7 Å². The summed E-state index contributed by atoms with van der Waals surface area (Å²) in [6.45, 7) is 0. The van der Waals surface area contributed by atoms with Crippen LogP contribution in [0, 0.1) is 5.82 Å². The molecule has 0 fully saturated rings. The van der Waals surface area contributed by atoms with E-state index in [0.29, 0.717) is 5.69 Å². The fourth-order valence-corrected chi connectivity index (χ4v) is 2.64. The first-order valence-electron chi connectivity index (χ1n) is 5.83. The first kappa shape index (κ1) is 13.9. The predicted octanol–water partition coefficient (Wildman–Crippen LogP) is 3.52. The van der Waals surface area contributed by atoms with Crippen molar-refractivity contribution < 1.29 is 14.0 Å². The van der Waals surface area contributed by atoms with Gasteiger partial charge in [-0.3, -0.25) is 9.59 Å². The molecule has 0 atom stereocenters. The van der Waals surface area contributed by atoms with Gasteiger partial charge in [0, 0.05) is 5.69 Å². The smallest absolute Gasteiger partial charge is 0.266 e. The lowest BCUT2D eigenvalue weighted by atomic mass is 10.1. The monoisotopic (exact) mass is 324 g/mol. The van der Waals surface area contributed by atoms with Crippen molar-refractivity contribution in [3.63, 3.8) is 0 Å². The molecule has 2 N–H and O–H groups in total. The molecule has 7 heteroatoms. The molecule has 4 nitrogen and oxygen atoms in total. The average molecular weight is 325 g/mol. The molecule has 2 aromatic rings. The highest BCUT2D eigenvalue weighted by molar-refractivity contribution is 6.38. The topological polar surface area (TPSA) is 63.4 Å². The van der Waals surface area contributed by atoms with Gasteiger partial charge in [0.25, 0.3) is 11.8 Å². The molecule has 106 valence electrons. The fraction of sp³-hybridized carbons (Fsp3) is 0. The molecular weight excluding hydrogens is 318 g/mol. The molecule has 2 aromatic carbocycles. The van der Waals surface area contributed by atoms with Crippen LogP contribution in [-0.4, -0.2) is 11.8 Å². The van der Waals surface area contributed by atoms with Gasteiger partial charge in [0.15, 0.2) is 5.82 Å². The van der Waals surface area contributed by atoms with E-state index in [4.69, 9.17) is 28.9 Å². The molecule has 1 aliphatic heterocycles. The van der Waals surface area contributed by atoms with E-state index in [-0.39, 0.29) is 26.9 Å². The molecule has 0 saturated carbocycles. The van der Waals surface area contributed by atoms with E-state index >= 15 is 0 Å². The number of fused-ring (bicyclic) bond motifs is 1. The van der Waals surface area contributed by atoms with E-state index in [9.17, 15) is 14.0 Å². The summed E-state index contributed by atoms with van der Waals surface area (Å²) >= 11 is 11.4. The summed E-state index contributed by atoms with van der Waals surface area (Å²) in [5.41, 5.74) is 6.51. The van der Waals surface area contributed by atoms with E-state index in [2.05, 4.69) is 0 Å². The van der Waals surface area contributed by atoms with E-state index < -0.39 is 17.6 Å². The van der Waals surface area contributed by atoms with Gasteiger partial charge >= 0.3 is 0 Å². The van der Waals surface area contributed by atoms with Crippen LogP contribution < -0.4 is 10.6 Å². The van der Waals surface area contributed by atoms with Gasteiger partial charge in [-0.15, -0.1) is 0 Å². The normalized spacial score (nSPS) is 13.8. The van der Waals surface area contributed by atoms with Crippen molar-refractivity contribution in [2.75, 3.05) is 10.6 Å². The zero-order chi connectivity index (χ0) is 15.3. The molecule has 0 bridgehead atoms. The number of halogens is 3. The largest absolute Gasteiger partial charge is 0.399 e. The quantitative estimate of drug-likeness (QED) is 0.496. The number of hydrogen-bond donors (Lipinski definition) is 1. The van der Waals surface area contributed by atoms with Crippen LogP contribution in [0.2, 0.25) is 10.0 Å². The number of anilines is 2. The van der Waals surface area contributed by atoms with E-state index in [1.807, 2.05) is 0 Å². The standard InChI is InChI=1S/C14H7Cl2FN2O2/c15-10-4-7(5-11(16)12(10)17)19-13(20)8-2-1-6(18)3-9(8)14(19)21/h1-5H,18H2. The van der Waals surface area contributed by atoms with Gasteiger partial charge in [-0.2, -0.15) is 0 Å². The first-order chi connectivity index (χ1) is 9.90. The summed E-state index contributed by atoms with van der Waals surface area (Å²) in [6.07, 6.45) is 0. The Labute approximate surface area is 128 Å². The Morgan fingerprint density at radius 1 is 0.952 bits per heavy atom. The molecule has 1 aliphatic rings. The highest BCUT2D eigenvalue weighted by atomic mass is 35.5. The Morgan fingerprint density at radius 3 is 2.14 bits per heavy atom. The molecule has 21 heavy (non-hydrogen) atoms. The SMILES string of the molecule is Nc1ccc2c(c1)C(=O)N(c1cc(Cl)c(F)c(Cl)c1)C2=O. The van der Waals surface area contributed by atoms with Crippen molar-refractivity contribution >= 4 is 46.4 Å². The van der Waals surface area contributed by atoms with E-state index in [1.54, 1.807) is 0 Å². The van der Waals surface area contributed by atoms with Gasteiger partial charge in [0.1, 0.15) is 0 Å². The van der Waals surface area contributed by atoms with Crippen molar-refractivity contribution in [2.45, 2.75) is 0 Å². The Morgan fingerprint density at radius 2 is 1.52 bits per heavy atom. The molecule has 0 radical (unpaired) electrons. The summed E-state index contributed by atoms with van der Waals surface area (Å²) in [5, 5.41) is -0.540. The molecule has 0 unspecified atom stereocenters. The number of hydrogen-bond acceptors (Lipinski definition) is 3. The van der Waals surface area contributed by atoms with Crippen molar-refractivity contribution in [3.8, 4) is 0 Å². The molecule has 0 saturated heterocycles. The second-order valence-electron chi connectivity index (χ2n) is 4.47. The molecule has 2 amide bonds. The Hall–Kier alpha value is -2.11. The molecule has 0 spiro atoms. The average Bonchev–Trinajstić information content (AvgIpc) is 2.67. The van der Waals surface area contributed by atoms with E-state index in [1.165, 1.54) is 30.3 Å². The van der Waals surface area contributed by atoms with Crippen LogP contribution in [-0.2, 0) is 0 Å². The first-order valence-corrected chi connectivity index (χ1v) is 6.58. The minimum Gasteiger partial charge on any atom is -0.399 e. The molecule has 1 heterocycles. The maximum atomic E-state index is 13.4. The van der Waals surface area contributed by atoms with Gasteiger partial charge in [-0.25, -0.2) is 9.29 Å².